The van der Waals surface area contributed by atoms with E-state index in [1.807, 2.05) is 60.7 Å². The summed E-state index contributed by atoms with van der Waals surface area (Å²) in [5, 5.41) is 20.2. The van der Waals surface area contributed by atoms with E-state index in [-0.39, 0.29) is 18.8 Å². The molecule has 0 saturated carbocycles. The Bertz CT molecular complexity index is 1070. The van der Waals surface area contributed by atoms with Crippen molar-refractivity contribution in [2.24, 2.45) is 0 Å². The number of aliphatic hydroxyl groups is 2. The first-order valence-corrected chi connectivity index (χ1v) is 10.9. The number of halogens is 1. The minimum Gasteiger partial charge on any atom is -0.394 e. The van der Waals surface area contributed by atoms with Gasteiger partial charge in [-0.1, -0.05) is 65.9 Å². The maximum atomic E-state index is 10.1. The molecule has 2 N–H and O–H groups in total. The summed E-state index contributed by atoms with van der Waals surface area (Å²) < 4.78 is 5.95. The van der Waals surface area contributed by atoms with Gasteiger partial charge in [0.2, 0.25) is 0 Å². The molecule has 0 spiro atoms. The van der Waals surface area contributed by atoms with Crippen LogP contribution in [0.2, 0.25) is 5.02 Å². The van der Waals surface area contributed by atoms with Crippen molar-refractivity contribution in [2.75, 3.05) is 6.61 Å². The lowest BCUT2D eigenvalue weighted by molar-refractivity contribution is -0.113. The Balaban J connectivity index is 1.48. The van der Waals surface area contributed by atoms with Crippen LogP contribution in [0.4, 0.5) is 0 Å². The summed E-state index contributed by atoms with van der Waals surface area (Å²) in [4.78, 5) is 0. The second kappa shape index (κ2) is 10.1. The topological polar surface area (TPSA) is 49.7 Å². The van der Waals surface area contributed by atoms with Crippen molar-refractivity contribution in [3.05, 3.63) is 106 Å². The van der Waals surface area contributed by atoms with E-state index >= 15 is 0 Å². The second-order valence-corrected chi connectivity index (χ2v) is 8.30. The number of rotatable bonds is 4. The molecule has 1 saturated heterocycles. The van der Waals surface area contributed by atoms with Crippen LogP contribution >= 0.6 is 11.6 Å². The van der Waals surface area contributed by atoms with Gasteiger partial charge in [-0.2, -0.15) is 0 Å². The summed E-state index contributed by atoms with van der Waals surface area (Å²) in [6.07, 6.45) is 0.626. The molecule has 3 aromatic carbocycles. The quantitative estimate of drug-likeness (QED) is 0.576. The van der Waals surface area contributed by atoms with Crippen molar-refractivity contribution in [1.82, 2.24) is 0 Å². The van der Waals surface area contributed by atoms with E-state index in [4.69, 9.17) is 16.3 Å². The molecule has 0 bridgehead atoms. The summed E-state index contributed by atoms with van der Waals surface area (Å²) in [5.41, 5.74) is 5.08. The molecule has 1 fully saturated rings. The largest absolute Gasteiger partial charge is 0.394 e. The van der Waals surface area contributed by atoms with Gasteiger partial charge in [0, 0.05) is 29.0 Å². The fourth-order valence-corrected chi connectivity index (χ4v) is 4.03. The van der Waals surface area contributed by atoms with Crippen LogP contribution in [0, 0.1) is 11.8 Å². The van der Waals surface area contributed by atoms with Crippen molar-refractivity contribution in [2.45, 2.75) is 37.6 Å². The number of hydrogen-bond donors (Lipinski definition) is 2. The fourth-order valence-electron chi connectivity index (χ4n) is 3.84. The van der Waals surface area contributed by atoms with Gasteiger partial charge in [-0.3, -0.25) is 0 Å². The zero-order valence-electron chi connectivity index (χ0n) is 17.2. The van der Waals surface area contributed by atoms with Gasteiger partial charge >= 0.3 is 0 Å². The van der Waals surface area contributed by atoms with E-state index in [0.717, 1.165) is 27.8 Å². The van der Waals surface area contributed by atoms with Gasteiger partial charge in [0.15, 0.2) is 0 Å². The van der Waals surface area contributed by atoms with Gasteiger partial charge in [0.1, 0.15) is 0 Å². The molecule has 1 aliphatic rings. The van der Waals surface area contributed by atoms with E-state index < -0.39 is 6.10 Å². The summed E-state index contributed by atoms with van der Waals surface area (Å²) in [7, 11) is 0. The highest BCUT2D eigenvalue weighted by Gasteiger charge is 2.29. The highest BCUT2D eigenvalue weighted by atomic mass is 35.5. The Morgan fingerprint density at radius 1 is 0.903 bits per heavy atom. The van der Waals surface area contributed by atoms with Gasteiger partial charge in [-0.05, 0) is 53.4 Å². The minimum absolute atomic E-state index is 0.0898. The molecule has 4 rings (SSSR count). The zero-order chi connectivity index (χ0) is 21.6. The molecule has 0 amide bonds. The van der Waals surface area contributed by atoms with Crippen LogP contribution in [0.3, 0.4) is 0 Å². The first kappa shape index (κ1) is 21.6. The first-order valence-electron chi connectivity index (χ1n) is 10.5. The maximum Gasteiger partial charge on any atom is 0.0854 e. The van der Waals surface area contributed by atoms with Crippen LogP contribution < -0.4 is 0 Å². The maximum absolute atomic E-state index is 10.1. The molecule has 4 heteroatoms. The van der Waals surface area contributed by atoms with Crippen molar-refractivity contribution in [3.8, 4) is 11.8 Å². The average Bonchev–Trinajstić information content (AvgIpc) is 2.80. The molecule has 3 nitrogen and oxygen atoms in total. The van der Waals surface area contributed by atoms with Crippen LogP contribution in [0.1, 0.15) is 46.8 Å². The van der Waals surface area contributed by atoms with Crippen LogP contribution in [0.15, 0.2) is 72.8 Å². The lowest BCUT2D eigenvalue weighted by atomic mass is 9.94. The first-order chi connectivity index (χ1) is 15.1. The Morgan fingerprint density at radius 2 is 1.61 bits per heavy atom. The number of aliphatic hydroxyl groups excluding tert-OH is 2. The molecule has 3 atom stereocenters. The van der Waals surface area contributed by atoms with E-state index in [1.54, 1.807) is 0 Å². The second-order valence-electron chi connectivity index (χ2n) is 7.90. The third-order valence-electron chi connectivity index (χ3n) is 5.50. The van der Waals surface area contributed by atoms with Gasteiger partial charge in [0.05, 0.1) is 24.9 Å². The third kappa shape index (κ3) is 5.76. The Hall–Kier alpha value is -2.61. The van der Waals surface area contributed by atoms with Gasteiger partial charge in [-0.25, -0.2) is 0 Å². The lowest BCUT2D eigenvalue weighted by Crippen LogP contribution is -2.33. The van der Waals surface area contributed by atoms with Gasteiger partial charge < -0.3 is 14.9 Å². The smallest absolute Gasteiger partial charge is 0.0854 e. The van der Waals surface area contributed by atoms with E-state index in [1.165, 1.54) is 0 Å². The van der Waals surface area contributed by atoms with Crippen molar-refractivity contribution in [1.29, 1.82) is 0 Å². The molecule has 1 heterocycles. The molecule has 0 unspecified atom stereocenters. The highest BCUT2D eigenvalue weighted by Crippen LogP contribution is 2.33. The third-order valence-corrected chi connectivity index (χ3v) is 5.87. The van der Waals surface area contributed by atoms with E-state index in [9.17, 15) is 10.2 Å². The average molecular weight is 433 g/mol. The Kier molecular flexibility index (Phi) is 7.06. The monoisotopic (exact) mass is 432 g/mol. The molecular formula is C27H25ClO3. The van der Waals surface area contributed by atoms with E-state index in [2.05, 4.69) is 24.0 Å². The van der Waals surface area contributed by atoms with Crippen molar-refractivity contribution in [3.63, 3.8) is 0 Å². The molecular weight excluding hydrogens is 408 g/mol. The molecule has 1 aliphatic heterocycles. The Labute approximate surface area is 188 Å². The Morgan fingerprint density at radius 3 is 2.32 bits per heavy atom. The van der Waals surface area contributed by atoms with E-state index in [0.29, 0.717) is 24.3 Å². The predicted molar refractivity (Wildman–Crippen MR) is 123 cm³/mol. The van der Waals surface area contributed by atoms with Crippen LogP contribution in [-0.4, -0.2) is 29.0 Å². The zero-order valence-corrected chi connectivity index (χ0v) is 17.9. The lowest BCUT2D eigenvalue weighted by Gasteiger charge is -2.32. The summed E-state index contributed by atoms with van der Waals surface area (Å²) in [6.45, 7) is -0.0898. The SMILES string of the molecule is OC[C@@H]1C[C@H](O)C[C@H](c2ccc(Cl)c(Cc3ccc(C#Cc4ccccc4)cc3)c2)O1. The summed E-state index contributed by atoms with van der Waals surface area (Å²) in [6, 6.07) is 24.0. The fraction of sp³-hybridized carbons (Fsp3) is 0.259. The van der Waals surface area contributed by atoms with Crippen molar-refractivity contribution >= 4 is 11.6 Å². The predicted octanol–water partition coefficient (Wildman–Crippen LogP) is 4.90. The van der Waals surface area contributed by atoms with Crippen molar-refractivity contribution < 1.29 is 14.9 Å². The van der Waals surface area contributed by atoms with Crippen LogP contribution in [-0.2, 0) is 11.2 Å². The molecule has 3 aromatic rings. The minimum atomic E-state index is -0.473. The van der Waals surface area contributed by atoms with Crippen LogP contribution in [0.5, 0.6) is 0 Å². The van der Waals surface area contributed by atoms with Crippen LogP contribution in [0.25, 0.3) is 0 Å². The highest BCUT2D eigenvalue weighted by molar-refractivity contribution is 6.31. The van der Waals surface area contributed by atoms with Gasteiger partial charge in [0.25, 0.3) is 0 Å². The standard InChI is InChI=1S/C27H25ClO3/c28-26-13-12-22(27-17-24(30)16-25(18-29)31-27)15-23(26)14-21-10-8-20(9-11-21)7-6-19-4-2-1-3-5-19/h1-5,8-13,15,24-25,27,29-30H,14,16-18H2/t24-,25-,27+/m0/s1. The molecule has 0 radical (unpaired) electrons. The normalized spacial score (nSPS) is 20.7. The summed E-state index contributed by atoms with van der Waals surface area (Å²) >= 11 is 6.47. The molecule has 31 heavy (non-hydrogen) atoms. The molecule has 158 valence electrons. The molecule has 0 aromatic heterocycles. The van der Waals surface area contributed by atoms with Gasteiger partial charge in [-0.15, -0.1) is 0 Å². The number of benzene rings is 3. The summed E-state index contributed by atoms with van der Waals surface area (Å²) in [5.74, 6) is 6.36. The number of hydrogen-bond acceptors (Lipinski definition) is 3. The number of ether oxygens (including phenoxy) is 1. The molecule has 0 aliphatic carbocycles.